The Morgan fingerprint density at radius 2 is 1.77 bits per heavy atom. The highest BCUT2D eigenvalue weighted by molar-refractivity contribution is 5.82. The topological polar surface area (TPSA) is 76.1 Å². The maximum Gasteiger partial charge on any atom is 0.411 e. The second kappa shape index (κ2) is 12.6. The smallest absolute Gasteiger partial charge is 0.411 e. The number of hydrogen-bond donors (Lipinski definition) is 1. The van der Waals surface area contributed by atoms with Crippen molar-refractivity contribution in [1.29, 1.82) is 0 Å². The third kappa shape index (κ3) is 6.91. The summed E-state index contributed by atoms with van der Waals surface area (Å²) in [6, 6.07) is -0.541. The van der Waals surface area contributed by atoms with Gasteiger partial charge in [0.2, 0.25) is 0 Å². The fourth-order valence-corrected chi connectivity index (χ4v) is 10.7. The average molecular weight is 614 g/mol. The first-order valence-corrected chi connectivity index (χ1v) is 18.1. The molecule has 4 aliphatic carbocycles. The van der Waals surface area contributed by atoms with Crippen LogP contribution in [0.2, 0.25) is 0 Å². The molecule has 0 radical (unpaired) electrons. The van der Waals surface area contributed by atoms with Crippen molar-refractivity contribution in [3.05, 3.63) is 11.6 Å². The van der Waals surface area contributed by atoms with Crippen LogP contribution in [0.5, 0.6) is 0 Å². The zero-order chi connectivity index (χ0) is 32.1. The molecule has 0 aromatic rings. The molecule has 0 spiro atoms. The highest BCUT2D eigenvalue weighted by Crippen LogP contribution is 2.67. The van der Waals surface area contributed by atoms with Crippen molar-refractivity contribution in [3.8, 4) is 0 Å². The van der Waals surface area contributed by atoms with Gasteiger partial charge in [-0.15, -0.1) is 0 Å². The largest absolute Gasteiger partial charge is 0.461 e. The van der Waals surface area contributed by atoms with E-state index in [-0.39, 0.29) is 17.5 Å². The molecule has 1 saturated heterocycles. The summed E-state index contributed by atoms with van der Waals surface area (Å²) in [5.74, 6) is 3.56. The molecule has 1 heterocycles. The van der Waals surface area contributed by atoms with E-state index in [4.69, 9.17) is 9.47 Å². The monoisotopic (exact) mass is 613 g/mol. The number of ether oxygens (including phenoxy) is 2. The fraction of sp³-hybridized carbons (Fsp3) is 0.895. The lowest BCUT2D eigenvalue weighted by molar-refractivity contribution is -0.159. The molecular weight excluding hydrogens is 550 g/mol. The first-order valence-electron chi connectivity index (χ1n) is 18.1. The first kappa shape index (κ1) is 33.8. The van der Waals surface area contributed by atoms with Gasteiger partial charge in [-0.05, 0) is 146 Å². The second-order valence-corrected chi connectivity index (χ2v) is 17.7. The van der Waals surface area contributed by atoms with E-state index in [0.29, 0.717) is 18.4 Å². The highest BCUT2D eigenvalue weighted by Gasteiger charge is 2.59. The molecule has 3 saturated carbocycles. The predicted molar refractivity (Wildman–Crippen MR) is 175 cm³/mol. The zero-order valence-electron chi connectivity index (χ0n) is 29.3. The highest BCUT2D eigenvalue weighted by atomic mass is 16.6. The molecule has 1 N–H and O–H groups in total. The molecule has 6 nitrogen and oxygen atoms in total. The van der Waals surface area contributed by atoms with Crippen LogP contribution >= 0.6 is 0 Å². The number of esters is 1. The maximum absolute atomic E-state index is 13.5. The number of piperidine rings is 1. The number of amides is 1. The third-order valence-electron chi connectivity index (χ3n) is 13.0. The van der Waals surface area contributed by atoms with Gasteiger partial charge >= 0.3 is 12.1 Å². The minimum Gasteiger partial charge on any atom is -0.461 e. The van der Waals surface area contributed by atoms with Crippen LogP contribution in [-0.4, -0.2) is 52.0 Å². The molecule has 6 heteroatoms. The Labute approximate surface area is 268 Å². The van der Waals surface area contributed by atoms with Gasteiger partial charge in [-0.2, -0.15) is 0 Å². The Morgan fingerprint density at radius 1 is 1.02 bits per heavy atom. The van der Waals surface area contributed by atoms with Crippen LogP contribution in [0.4, 0.5) is 4.79 Å². The van der Waals surface area contributed by atoms with Gasteiger partial charge in [0.15, 0.2) is 0 Å². The number of fused-ring (bicyclic) bond motifs is 5. The molecule has 250 valence electrons. The lowest BCUT2D eigenvalue weighted by atomic mass is 9.47. The summed E-state index contributed by atoms with van der Waals surface area (Å²) < 4.78 is 11.8. The second-order valence-electron chi connectivity index (χ2n) is 17.7. The van der Waals surface area contributed by atoms with Gasteiger partial charge in [-0.1, -0.05) is 45.3 Å². The Morgan fingerprint density at radius 3 is 2.48 bits per heavy atom. The van der Waals surface area contributed by atoms with Gasteiger partial charge in [0.1, 0.15) is 17.7 Å². The molecule has 0 aromatic carbocycles. The summed E-state index contributed by atoms with van der Waals surface area (Å²) >= 11 is 0. The Kier molecular flexibility index (Phi) is 9.65. The van der Waals surface area contributed by atoms with Gasteiger partial charge in [-0.3, -0.25) is 4.90 Å². The molecule has 9 atom stereocenters. The van der Waals surface area contributed by atoms with E-state index in [1.165, 1.54) is 44.1 Å². The number of allylic oxidation sites excluding steroid dienone is 1. The molecule has 4 fully saturated rings. The van der Waals surface area contributed by atoms with Crippen LogP contribution in [0.15, 0.2) is 11.6 Å². The van der Waals surface area contributed by atoms with Gasteiger partial charge in [-0.25, -0.2) is 9.59 Å². The van der Waals surface area contributed by atoms with Gasteiger partial charge in [0.25, 0.3) is 0 Å². The van der Waals surface area contributed by atoms with E-state index in [1.54, 1.807) is 4.90 Å². The minimum absolute atomic E-state index is 0.102. The van der Waals surface area contributed by atoms with E-state index in [2.05, 4.69) is 26.8 Å². The Bertz CT molecular complexity index is 1090. The number of rotatable bonds is 7. The van der Waals surface area contributed by atoms with E-state index < -0.39 is 23.3 Å². The summed E-state index contributed by atoms with van der Waals surface area (Å²) in [6.07, 6.45) is 17.1. The molecule has 44 heavy (non-hydrogen) atoms. The van der Waals surface area contributed by atoms with Crippen LogP contribution in [0.3, 0.4) is 0 Å². The Balaban J connectivity index is 1.21. The molecule has 1 aliphatic heterocycles. The summed E-state index contributed by atoms with van der Waals surface area (Å²) in [5, 5.41) is 10.2. The van der Waals surface area contributed by atoms with Crippen molar-refractivity contribution < 1.29 is 24.2 Å². The summed E-state index contributed by atoms with van der Waals surface area (Å²) in [6.45, 7) is 17.6. The minimum atomic E-state index is -0.589. The quantitative estimate of drug-likeness (QED) is 0.229. The zero-order valence-corrected chi connectivity index (χ0v) is 29.3. The number of nitrogens with zero attached hydrogens (tertiary/aromatic N) is 1. The van der Waals surface area contributed by atoms with Crippen LogP contribution < -0.4 is 0 Å². The molecular formula is C38H63NO5. The predicted octanol–water partition coefficient (Wildman–Crippen LogP) is 8.84. The normalized spacial score (nSPS) is 38.1. The Hall–Kier alpha value is -1.56. The molecule has 1 amide bonds. The SMILES string of the molecule is C[C@H](CCCC(C)(C)O)[C@H]1CC[C@H]2[C@@H]3CC=C4C[C@@H](OC(=O)[C@@H]5CCCCN5C(=O)OC(C)(C)C)CC[C@]4(C)[C@H]3CC[C@]12C. The summed E-state index contributed by atoms with van der Waals surface area (Å²) in [5.41, 5.74) is 1.01. The summed E-state index contributed by atoms with van der Waals surface area (Å²) in [4.78, 5) is 28.0. The van der Waals surface area contributed by atoms with Crippen molar-refractivity contribution in [2.45, 2.75) is 169 Å². The third-order valence-corrected chi connectivity index (χ3v) is 13.0. The van der Waals surface area contributed by atoms with Gasteiger partial charge in [0, 0.05) is 13.0 Å². The van der Waals surface area contributed by atoms with E-state index in [0.717, 1.165) is 74.5 Å². The summed E-state index contributed by atoms with van der Waals surface area (Å²) in [7, 11) is 0. The van der Waals surface area contributed by atoms with Crippen molar-refractivity contribution in [1.82, 2.24) is 4.90 Å². The van der Waals surface area contributed by atoms with Crippen molar-refractivity contribution in [2.24, 2.45) is 40.4 Å². The van der Waals surface area contributed by atoms with E-state index in [1.807, 2.05) is 34.6 Å². The number of likely N-dealkylation sites (tertiary alicyclic amines) is 1. The number of carbonyl (C=O) groups is 2. The van der Waals surface area contributed by atoms with Gasteiger partial charge < -0.3 is 14.6 Å². The first-order chi connectivity index (χ1) is 20.5. The van der Waals surface area contributed by atoms with Crippen LogP contribution in [0.25, 0.3) is 0 Å². The average Bonchev–Trinajstić information content (AvgIpc) is 3.29. The number of aliphatic hydroxyl groups is 1. The standard InChI is InChI=1S/C38H63NO5/c1-25(12-11-20-36(5,6)42)29-16-17-30-28-15-14-26-24-27(18-21-37(26,7)31(28)19-22-38(29,30)8)43-33(40)32-13-9-10-23-39(32)34(41)44-35(2,3)4/h14,25,27-32,42H,9-13,15-24H2,1-8H3/t25-,27+,28+,29-,30+,31+,32+,37+,38-/m1/s1. The van der Waals surface area contributed by atoms with E-state index in [9.17, 15) is 14.7 Å². The fourth-order valence-electron chi connectivity index (χ4n) is 10.7. The van der Waals surface area contributed by atoms with Crippen LogP contribution in [0.1, 0.15) is 145 Å². The van der Waals surface area contributed by atoms with Gasteiger partial charge in [0.05, 0.1) is 5.60 Å². The molecule has 0 bridgehead atoms. The molecule has 0 unspecified atom stereocenters. The molecule has 5 rings (SSSR count). The van der Waals surface area contributed by atoms with Crippen LogP contribution in [0, 0.1) is 40.4 Å². The van der Waals surface area contributed by atoms with Crippen molar-refractivity contribution >= 4 is 12.1 Å². The van der Waals surface area contributed by atoms with E-state index >= 15 is 0 Å². The maximum atomic E-state index is 13.5. The van der Waals surface area contributed by atoms with Crippen molar-refractivity contribution in [2.75, 3.05) is 6.54 Å². The number of hydrogen-bond acceptors (Lipinski definition) is 5. The lowest BCUT2D eigenvalue weighted by Gasteiger charge is -2.58. The van der Waals surface area contributed by atoms with Crippen LogP contribution in [-0.2, 0) is 14.3 Å². The number of carbonyl (C=O) groups excluding carboxylic acids is 2. The molecule has 5 aliphatic rings. The molecule has 0 aromatic heterocycles. The van der Waals surface area contributed by atoms with Crippen molar-refractivity contribution in [3.63, 3.8) is 0 Å². The lowest BCUT2D eigenvalue weighted by Crippen LogP contribution is -2.52.